The van der Waals surface area contributed by atoms with E-state index >= 15 is 0 Å². The molecule has 6 nitrogen and oxygen atoms in total. The zero-order valence-electron chi connectivity index (χ0n) is 18.5. The molecule has 0 aromatic heterocycles. The first-order valence-corrected chi connectivity index (χ1v) is 10.5. The Labute approximate surface area is 179 Å². The molecule has 0 fully saturated rings. The van der Waals surface area contributed by atoms with Crippen molar-refractivity contribution in [2.24, 2.45) is 5.92 Å². The fourth-order valence-electron chi connectivity index (χ4n) is 4.05. The molecule has 0 aliphatic carbocycles. The maximum atomic E-state index is 12.9. The number of methoxy groups -OCH3 is 2. The largest absolute Gasteiger partial charge is 0.493 e. The first-order chi connectivity index (χ1) is 14.5. The van der Waals surface area contributed by atoms with Crippen LogP contribution in [0.25, 0.3) is 0 Å². The van der Waals surface area contributed by atoms with Crippen molar-refractivity contribution >= 4 is 11.8 Å². The molecule has 1 heterocycles. The number of ether oxygens (including phenoxy) is 3. The summed E-state index contributed by atoms with van der Waals surface area (Å²) in [5, 5.41) is 3.68. The van der Waals surface area contributed by atoms with Crippen LogP contribution in [0.5, 0.6) is 11.5 Å². The van der Waals surface area contributed by atoms with E-state index in [2.05, 4.69) is 31.3 Å². The zero-order chi connectivity index (χ0) is 21.7. The number of rotatable bonds is 7. The third-order valence-corrected chi connectivity index (χ3v) is 5.61. The molecule has 1 aliphatic rings. The second-order valence-electron chi connectivity index (χ2n) is 7.80. The lowest BCUT2D eigenvalue weighted by molar-refractivity contribution is 0.152. The Hall–Kier alpha value is -2.73. The first-order valence-electron chi connectivity index (χ1n) is 10.5. The number of hydrogen-bond acceptors (Lipinski definition) is 5. The minimum atomic E-state index is -0.328. The Morgan fingerprint density at radius 2 is 1.80 bits per heavy atom. The summed E-state index contributed by atoms with van der Waals surface area (Å²) in [6.07, 6.45) is 0.456. The van der Waals surface area contributed by atoms with Gasteiger partial charge in [-0.1, -0.05) is 44.2 Å². The second kappa shape index (κ2) is 9.85. The third kappa shape index (κ3) is 4.54. The Morgan fingerprint density at radius 3 is 2.40 bits per heavy atom. The summed E-state index contributed by atoms with van der Waals surface area (Å²) in [6, 6.07) is 14.2. The predicted molar refractivity (Wildman–Crippen MR) is 118 cm³/mol. The average Bonchev–Trinajstić information content (AvgIpc) is 2.76. The summed E-state index contributed by atoms with van der Waals surface area (Å²) in [5.74, 6) is 1.50. The van der Waals surface area contributed by atoms with Crippen LogP contribution in [-0.2, 0) is 11.3 Å². The molecule has 30 heavy (non-hydrogen) atoms. The number of nitrogens with zero attached hydrogens (tertiary/aromatic N) is 1. The highest BCUT2D eigenvalue weighted by Gasteiger charge is 2.39. The van der Waals surface area contributed by atoms with Crippen LogP contribution in [-0.4, -0.2) is 33.0 Å². The minimum absolute atomic E-state index is 0.00271. The van der Waals surface area contributed by atoms with Crippen LogP contribution < -0.4 is 19.7 Å². The van der Waals surface area contributed by atoms with Crippen molar-refractivity contribution < 1.29 is 19.0 Å². The fraction of sp³-hybridized carbons (Fsp3) is 0.458. The van der Waals surface area contributed by atoms with Crippen molar-refractivity contribution in [3.8, 4) is 11.5 Å². The van der Waals surface area contributed by atoms with Crippen LogP contribution in [0.4, 0.5) is 10.5 Å². The van der Waals surface area contributed by atoms with Crippen molar-refractivity contribution in [2.45, 2.75) is 45.8 Å². The van der Waals surface area contributed by atoms with Gasteiger partial charge in [-0.2, -0.15) is 0 Å². The number of nitrogens with one attached hydrogen (secondary N) is 1. The highest BCUT2D eigenvalue weighted by atomic mass is 16.6. The van der Waals surface area contributed by atoms with Gasteiger partial charge in [0, 0.05) is 24.7 Å². The van der Waals surface area contributed by atoms with Gasteiger partial charge in [0.2, 0.25) is 0 Å². The standard InChI is InChI=1S/C24H32N2O4/c1-6-30-24(27)26-20(16(2)3)13-19(25-15-17-10-8-7-9-11-17)18-12-22(28-4)23(29-5)14-21(18)26/h7-12,14,16,19-20,25H,6,13,15H2,1-5H3/t19-,20+/m1/s1. The van der Waals surface area contributed by atoms with Crippen LogP contribution in [0.1, 0.15) is 44.4 Å². The van der Waals surface area contributed by atoms with Gasteiger partial charge in [0.25, 0.3) is 0 Å². The maximum Gasteiger partial charge on any atom is 0.414 e. The number of carbonyl (C=O) groups excluding carboxylic acids is 1. The lowest BCUT2D eigenvalue weighted by Gasteiger charge is -2.42. The lowest BCUT2D eigenvalue weighted by Crippen LogP contribution is -2.49. The molecular weight excluding hydrogens is 380 g/mol. The van der Waals surface area contributed by atoms with Gasteiger partial charge in [-0.05, 0) is 36.5 Å². The molecule has 1 aliphatic heterocycles. The highest BCUT2D eigenvalue weighted by molar-refractivity contribution is 5.91. The molecule has 0 radical (unpaired) electrons. The van der Waals surface area contributed by atoms with E-state index in [0.29, 0.717) is 18.1 Å². The van der Waals surface area contributed by atoms with Crippen LogP contribution in [0, 0.1) is 5.92 Å². The van der Waals surface area contributed by atoms with Gasteiger partial charge in [-0.25, -0.2) is 4.79 Å². The summed E-state index contributed by atoms with van der Waals surface area (Å²) in [5.41, 5.74) is 3.03. The van der Waals surface area contributed by atoms with E-state index in [4.69, 9.17) is 14.2 Å². The van der Waals surface area contributed by atoms with Crippen molar-refractivity contribution in [1.29, 1.82) is 0 Å². The van der Waals surface area contributed by atoms with Gasteiger partial charge in [-0.3, -0.25) is 4.90 Å². The van der Waals surface area contributed by atoms with Crippen molar-refractivity contribution in [2.75, 3.05) is 25.7 Å². The molecule has 1 N–H and O–H groups in total. The van der Waals surface area contributed by atoms with E-state index in [0.717, 1.165) is 24.2 Å². The van der Waals surface area contributed by atoms with Crippen LogP contribution in [0.15, 0.2) is 42.5 Å². The minimum Gasteiger partial charge on any atom is -0.493 e. The van der Waals surface area contributed by atoms with Gasteiger partial charge in [0.05, 0.1) is 26.5 Å². The van der Waals surface area contributed by atoms with Crippen LogP contribution >= 0.6 is 0 Å². The van der Waals surface area contributed by atoms with Crippen LogP contribution in [0.2, 0.25) is 0 Å². The summed E-state index contributed by atoms with van der Waals surface area (Å²) in [7, 11) is 3.23. The molecule has 162 valence electrons. The summed E-state index contributed by atoms with van der Waals surface area (Å²) < 4.78 is 16.5. The third-order valence-electron chi connectivity index (χ3n) is 5.61. The number of hydrogen-bond donors (Lipinski definition) is 1. The first kappa shape index (κ1) is 22.0. The summed E-state index contributed by atoms with van der Waals surface area (Å²) >= 11 is 0. The highest BCUT2D eigenvalue weighted by Crippen LogP contribution is 2.45. The number of anilines is 1. The number of carbonyl (C=O) groups is 1. The Balaban J connectivity index is 2.04. The molecule has 2 atom stereocenters. The molecule has 2 aromatic carbocycles. The molecule has 0 unspecified atom stereocenters. The molecule has 0 saturated heterocycles. The number of fused-ring (bicyclic) bond motifs is 1. The molecule has 0 saturated carbocycles. The fourth-order valence-corrected chi connectivity index (χ4v) is 4.05. The SMILES string of the molecule is CCOC(=O)N1c2cc(OC)c(OC)cc2[C@H](NCc2ccccc2)C[C@H]1C(C)C. The average molecular weight is 413 g/mol. The summed E-state index contributed by atoms with van der Waals surface area (Å²) in [4.78, 5) is 14.7. The van der Waals surface area contributed by atoms with Gasteiger partial charge < -0.3 is 19.5 Å². The zero-order valence-corrected chi connectivity index (χ0v) is 18.5. The predicted octanol–water partition coefficient (Wildman–Crippen LogP) is 4.93. The maximum absolute atomic E-state index is 12.9. The Morgan fingerprint density at radius 1 is 1.13 bits per heavy atom. The van der Waals surface area contributed by atoms with E-state index < -0.39 is 0 Å². The van der Waals surface area contributed by atoms with Crippen molar-refractivity contribution in [3.05, 3.63) is 53.6 Å². The molecule has 1 amide bonds. The Bertz CT molecular complexity index is 854. The molecule has 0 spiro atoms. The van der Waals surface area contributed by atoms with E-state index in [9.17, 15) is 4.79 Å². The number of amides is 1. The smallest absolute Gasteiger partial charge is 0.414 e. The van der Waals surface area contributed by atoms with E-state index in [1.165, 1.54) is 5.56 Å². The molecule has 2 aromatic rings. The monoisotopic (exact) mass is 412 g/mol. The van der Waals surface area contributed by atoms with Crippen molar-refractivity contribution in [3.63, 3.8) is 0 Å². The number of benzene rings is 2. The van der Waals surface area contributed by atoms with Gasteiger partial charge in [0.1, 0.15) is 0 Å². The van der Waals surface area contributed by atoms with Gasteiger partial charge in [-0.15, -0.1) is 0 Å². The van der Waals surface area contributed by atoms with Gasteiger partial charge >= 0.3 is 6.09 Å². The molecule has 6 heteroatoms. The summed E-state index contributed by atoms with van der Waals surface area (Å²) in [6.45, 7) is 7.17. The Kier molecular flexibility index (Phi) is 7.21. The molecule has 0 bridgehead atoms. The quantitative estimate of drug-likeness (QED) is 0.699. The normalized spacial score (nSPS) is 18.1. The van der Waals surface area contributed by atoms with E-state index in [1.807, 2.05) is 37.3 Å². The van der Waals surface area contributed by atoms with E-state index in [-0.39, 0.29) is 24.1 Å². The second-order valence-corrected chi connectivity index (χ2v) is 7.80. The molecule has 3 rings (SSSR count). The lowest BCUT2D eigenvalue weighted by atomic mass is 9.85. The van der Waals surface area contributed by atoms with E-state index in [1.54, 1.807) is 19.1 Å². The topological polar surface area (TPSA) is 60.0 Å². The molecular formula is C24H32N2O4. The van der Waals surface area contributed by atoms with Crippen LogP contribution in [0.3, 0.4) is 0 Å². The van der Waals surface area contributed by atoms with Crippen molar-refractivity contribution in [1.82, 2.24) is 5.32 Å². The van der Waals surface area contributed by atoms with Gasteiger partial charge in [0.15, 0.2) is 11.5 Å².